The van der Waals surface area contributed by atoms with Gasteiger partial charge in [-0.05, 0) is 12.1 Å². The van der Waals surface area contributed by atoms with Crippen LogP contribution >= 0.6 is 0 Å². The molecule has 0 bridgehead atoms. The monoisotopic (exact) mass is 213 g/mol. The van der Waals surface area contributed by atoms with Crippen molar-refractivity contribution >= 4 is 11.0 Å². The first-order chi connectivity index (χ1) is 7.86. The third-order valence-electron chi connectivity index (χ3n) is 2.51. The summed E-state index contributed by atoms with van der Waals surface area (Å²) in [5, 5.41) is 1.07. The molecule has 3 aromatic rings. The maximum absolute atomic E-state index is 5.68. The summed E-state index contributed by atoms with van der Waals surface area (Å²) in [4.78, 5) is 7.33. The van der Waals surface area contributed by atoms with Crippen molar-refractivity contribution in [2.24, 2.45) is 5.73 Å². The van der Waals surface area contributed by atoms with E-state index in [1.807, 2.05) is 30.3 Å². The Morgan fingerprint density at radius 2 is 2.19 bits per heavy atom. The van der Waals surface area contributed by atoms with E-state index in [1.54, 1.807) is 6.20 Å². The Hall–Kier alpha value is -2.07. The number of rotatable bonds is 2. The molecule has 1 aromatic carbocycles. The molecule has 2 aromatic heterocycles. The molecule has 3 rings (SSSR count). The Bertz CT molecular complexity index is 591. The normalized spacial score (nSPS) is 11.1. The van der Waals surface area contributed by atoms with E-state index in [2.05, 4.69) is 9.97 Å². The minimum Gasteiger partial charge on any atom is -0.453 e. The van der Waals surface area contributed by atoms with Crippen LogP contribution in [0.4, 0.5) is 0 Å². The second-order valence-electron chi connectivity index (χ2n) is 3.61. The number of furan rings is 1. The molecule has 3 N–H and O–H groups in total. The van der Waals surface area contributed by atoms with Gasteiger partial charge in [-0.15, -0.1) is 0 Å². The number of nitrogens with two attached hydrogens (primary N) is 1. The van der Waals surface area contributed by atoms with E-state index < -0.39 is 0 Å². The molecule has 0 saturated heterocycles. The van der Waals surface area contributed by atoms with Gasteiger partial charge < -0.3 is 15.1 Å². The number of H-pyrrole nitrogens is 1. The minimum atomic E-state index is 0.452. The van der Waals surface area contributed by atoms with Gasteiger partial charge in [-0.2, -0.15) is 0 Å². The number of para-hydroxylation sites is 1. The lowest BCUT2D eigenvalue weighted by Gasteiger charge is -1.89. The summed E-state index contributed by atoms with van der Waals surface area (Å²) < 4.78 is 5.68. The second kappa shape index (κ2) is 3.50. The highest BCUT2D eigenvalue weighted by molar-refractivity contribution is 5.81. The van der Waals surface area contributed by atoms with Crippen molar-refractivity contribution in [1.82, 2.24) is 9.97 Å². The van der Waals surface area contributed by atoms with Gasteiger partial charge >= 0.3 is 0 Å². The number of hydrogen-bond acceptors (Lipinski definition) is 3. The number of fused-ring (bicyclic) bond motifs is 1. The summed E-state index contributed by atoms with van der Waals surface area (Å²) in [6, 6.07) is 9.84. The first kappa shape index (κ1) is 9.18. The van der Waals surface area contributed by atoms with Gasteiger partial charge in [0.15, 0.2) is 11.6 Å². The van der Waals surface area contributed by atoms with Crippen molar-refractivity contribution in [3.8, 4) is 11.6 Å². The molecular formula is C12H11N3O. The molecule has 0 aliphatic heterocycles. The summed E-state index contributed by atoms with van der Waals surface area (Å²) in [5.41, 5.74) is 7.28. The summed E-state index contributed by atoms with van der Waals surface area (Å²) in [5.74, 6) is 1.46. The van der Waals surface area contributed by atoms with Crippen LogP contribution in [-0.2, 0) is 6.54 Å². The minimum absolute atomic E-state index is 0.452. The lowest BCUT2D eigenvalue weighted by molar-refractivity contribution is 0.626. The van der Waals surface area contributed by atoms with E-state index >= 15 is 0 Å². The molecule has 0 spiro atoms. The first-order valence-corrected chi connectivity index (χ1v) is 5.10. The summed E-state index contributed by atoms with van der Waals surface area (Å²) in [6.45, 7) is 0.452. The Morgan fingerprint density at radius 1 is 1.31 bits per heavy atom. The van der Waals surface area contributed by atoms with Crippen LogP contribution in [-0.4, -0.2) is 9.97 Å². The number of aromatic amines is 1. The van der Waals surface area contributed by atoms with Crippen molar-refractivity contribution in [3.63, 3.8) is 0 Å². The average Bonchev–Trinajstić information content (AvgIpc) is 2.95. The summed E-state index contributed by atoms with van der Waals surface area (Å²) >= 11 is 0. The highest BCUT2D eigenvalue weighted by atomic mass is 16.3. The fourth-order valence-corrected chi connectivity index (χ4v) is 1.69. The van der Waals surface area contributed by atoms with Gasteiger partial charge in [0.05, 0.1) is 6.20 Å². The average molecular weight is 213 g/mol. The Balaban J connectivity index is 2.11. The van der Waals surface area contributed by atoms with Gasteiger partial charge in [0.1, 0.15) is 5.58 Å². The molecule has 0 radical (unpaired) electrons. The zero-order valence-corrected chi connectivity index (χ0v) is 8.60. The molecule has 0 aliphatic rings. The Morgan fingerprint density at radius 3 is 2.94 bits per heavy atom. The van der Waals surface area contributed by atoms with Gasteiger partial charge in [-0.3, -0.25) is 0 Å². The Labute approximate surface area is 92.1 Å². The van der Waals surface area contributed by atoms with Crippen molar-refractivity contribution in [3.05, 3.63) is 42.2 Å². The zero-order chi connectivity index (χ0) is 11.0. The van der Waals surface area contributed by atoms with Gasteiger partial charge in [-0.25, -0.2) is 4.98 Å². The maximum Gasteiger partial charge on any atom is 0.173 e. The number of hydrogen-bond donors (Lipinski definition) is 2. The van der Waals surface area contributed by atoms with Gasteiger partial charge in [0.25, 0.3) is 0 Å². The van der Waals surface area contributed by atoms with Crippen LogP contribution in [0.2, 0.25) is 0 Å². The number of aromatic nitrogens is 2. The molecule has 4 heteroatoms. The predicted octanol–water partition coefficient (Wildman–Crippen LogP) is 2.28. The van der Waals surface area contributed by atoms with Crippen molar-refractivity contribution < 1.29 is 4.42 Å². The number of nitrogens with one attached hydrogen (secondary N) is 1. The quantitative estimate of drug-likeness (QED) is 0.686. The first-order valence-electron chi connectivity index (χ1n) is 5.10. The van der Waals surface area contributed by atoms with Crippen LogP contribution in [0, 0.1) is 0 Å². The molecule has 16 heavy (non-hydrogen) atoms. The summed E-state index contributed by atoms with van der Waals surface area (Å²) in [7, 11) is 0. The van der Waals surface area contributed by atoms with E-state index in [1.165, 1.54) is 0 Å². The topological polar surface area (TPSA) is 67.8 Å². The lowest BCUT2D eigenvalue weighted by Crippen LogP contribution is -1.95. The fraction of sp³-hybridized carbons (Fsp3) is 0.0833. The Kier molecular flexibility index (Phi) is 2.01. The molecule has 0 amide bonds. The van der Waals surface area contributed by atoms with Gasteiger partial charge in [-0.1, -0.05) is 18.2 Å². The highest BCUT2D eigenvalue weighted by Gasteiger charge is 2.08. The zero-order valence-electron chi connectivity index (χ0n) is 8.60. The largest absolute Gasteiger partial charge is 0.453 e. The predicted molar refractivity (Wildman–Crippen MR) is 61.7 cm³/mol. The third kappa shape index (κ3) is 1.40. The van der Waals surface area contributed by atoms with E-state index in [-0.39, 0.29) is 0 Å². The van der Waals surface area contributed by atoms with Gasteiger partial charge in [0.2, 0.25) is 0 Å². The third-order valence-corrected chi connectivity index (χ3v) is 2.51. The smallest absolute Gasteiger partial charge is 0.173 e. The fourth-order valence-electron chi connectivity index (χ4n) is 1.69. The van der Waals surface area contributed by atoms with Crippen LogP contribution < -0.4 is 5.73 Å². The maximum atomic E-state index is 5.68. The molecular weight excluding hydrogens is 202 g/mol. The standard InChI is InChI=1S/C12H11N3O/c13-6-9-7-14-12(15-9)11-5-8-3-1-2-4-10(8)16-11/h1-5,7H,6,13H2,(H,14,15). The molecule has 0 unspecified atom stereocenters. The van der Waals surface area contributed by atoms with Crippen LogP contribution in [0.3, 0.4) is 0 Å². The van der Waals surface area contributed by atoms with Crippen molar-refractivity contribution in [2.75, 3.05) is 0 Å². The van der Waals surface area contributed by atoms with E-state index in [0.717, 1.165) is 28.2 Å². The molecule has 80 valence electrons. The van der Waals surface area contributed by atoms with Crippen molar-refractivity contribution in [1.29, 1.82) is 0 Å². The second-order valence-corrected chi connectivity index (χ2v) is 3.61. The van der Waals surface area contributed by atoms with Crippen molar-refractivity contribution in [2.45, 2.75) is 6.54 Å². The molecule has 0 atom stereocenters. The van der Waals surface area contributed by atoms with Crippen LogP contribution in [0.1, 0.15) is 5.69 Å². The lowest BCUT2D eigenvalue weighted by atomic mass is 10.2. The molecule has 2 heterocycles. The van der Waals surface area contributed by atoms with Crippen LogP contribution in [0.5, 0.6) is 0 Å². The van der Waals surface area contributed by atoms with E-state index in [0.29, 0.717) is 6.54 Å². The molecule has 4 nitrogen and oxygen atoms in total. The van der Waals surface area contributed by atoms with Gasteiger partial charge in [0, 0.05) is 17.6 Å². The summed E-state index contributed by atoms with van der Waals surface area (Å²) in [6.07, 6.45) is 1.72. The molecule has 0 saturated carbocycles. The van der Waals surface area contributed by atoms with Crippen LogP contribution in [0.15, 0.2) is 40.9 Å². The number of imidazole rings is 1. The van der Waals surface area contributed by atoms with E-state index in [4.69, 9.17) is 10.2 Å². The van der Waals surface area contributed by atoms with E-state index in [9.17, 15) is 0 Å². The SMILES string of the molecule is NCc1cnc(-c2cc3ccccc3o2)[nH]1. The highest BCUT2D eigenvalue weighted by Crippen LogP contribution is 2.25. The van der Waals surface area contributed by atoms with Crippen LogP contribution in [0.25, 0.3) is 22.6 Å². The molecule has 0 fully saturated rings. The number of nitrogens with zero attached hydrogens (tertiary/aromatic N) is 1. The number of benzene rings is 1. The molecule has 0 aliphatic carbocycles.